The van der Waals surface area contributed by atoms with Crippen LogP contribution in [0, 0.1) is 0 Å². The van der Waals surface area contributed by atoms with E-state index in [1.54, 1.807) is 6.20 Å². The van der Waals surface area contributed by atoms with Crippen LogP contribution in [0.15, 0.2) is 11.4 Å². The Morgan fingerprint density at radius 3 is 2.81 bits per heavy atom. The van der Waals surface area contributed by atoms with Crippen molar-refractivity contribution in [2.45, 2.75) is 17.2 Å². The molecule has 1 rings (SSSR count). The van der Waals surface area contributed by atoms with Crippen molar-refractivity contribution in [2.24, 2.45) is 12.8 Å². The van der Waals surface area contributed by atoms with Crippen LogP contribution in [0.5, 0.6) is 0 Å². The molecule has 0 radical (unpaired) electrons. The van der Waals surface area contributed by atoms with E-state index in [0.29, 0.717) is 25.3 Å². The summed E-state index contributed by atoms with van der Waals surface area (Å²) in [6.07, 6.45) is 1.57. The Balaban J connectivity index is 2.59. The van der Waals surface area contributed by atoms with Crippen molar-refractivity contribution in [3.63, 3.8) is 0 Å². The molecule has 4 nitrogen and oxygen atoms in total. The van der Waals surface area contributed by atoms with Crippen LogP contribution >= 0.6 is 11.8 Å². The summed E-state index contributed by atoms with van der Waals surface area (Å²) in [4.78, 5) is 3.87. The van der Waals surface area contributed by atoms with Crippen molar-refractivity contribution in [1.29, 1.82) is 0 Å². The van der Waals surface area contributed by atoms with E-state index < -0.39 is 5.51 Å². The number of thioether (sulfide) groups is 1. The van der Waals surface area contributed by atoms with Crippen molar-refractivity contribution in [3.8, 4) is 0 Å². The van der Waals surface area contributed by atoms with Gasteiger partial charge in [-0.2, -0.15) is 13.2 Å². The molecule has 0 saturated carbocycles. The van der Waals surface area contributed by atoms with E-state index in [2.05, 4.69) is 10.3 Å². The number of nitrogens with two attached hydrogens (primary N) is 1. The highest BCUT2D eigenvalue weighted by molar-refractivity contribution is 8.00. The molecule has 0 bridgehead atoms. The van der Waals surface area contributed by atoms with Gasteiger partial charge < -0.3 is 15.6 Å². The number of rotatable bonds is 5. The summed E-state index contributed by atoms with van der Waals surface area (Å²) in [5, 5.41) is 2.91. The Kier molecular flexibility index (Phi) is 4.63. The number of imidazole rings is 1. The lowest BCUT2D eigenvalue weighted by molar-refractivity contribution is -0.0331. The number of aromatic nitrogens is 2. The highest BCUT2D eigenvalue weighted by Gasteiger charge is 2.31. The second kappa shape index (κ2) is 5.55. The Labute approximate surface area is 95.4 Å². The monoisotopic (exact) mass is 254 g/mol. The maximum absolute atomic E-state index is 12.1. The largest absolute Gasteiger partial charge is 0.449 e. The van der Waals surface area contributed by atoms with Crippen LogP contribution in [0.3, 0.4) is 0 Å². The molecule has 0 saturated heterocycles. The third-order valence-corrected chi connectivity index (χ3v) is 2.51. The Morgan fingerprint density at radius 1 is 1.56 bits per heavy atom. The minimum Gasteiger partial charge on any atom is -0.329 e. The maximum Gasteiger partial charge on any atom is 0.449 e. The van der Waals surface area contributed by atoms with Gasteiger partial charge in [-0.3, -0.25) is 0 Å². The summed E-state index contributed by atoms with van der Waals surface area (Å²) in [6.45, 7) is 1.51. The lowest BCUT2D eigenvalue weighted by Crippen LogP contribution is -2.21. The molecule has 8 heteroatoms. The van der Waals surface area contributed by atoms with Gasteiger partial charge >= 0.3 is 5.51 Å². The standard InChI is InChI=1S/C8H13F3N4S/c1-15-5-6(4-13-3-2-12)14-7(15)16-8(9,10)11/h5,13H,2-4,12H2,1H3. The molecule has 0 amide bonds. The minimum absolute atomic E-state index is 0.0583. The molecule has 0 unspecified atom stereocenters. The summed E-state index contributed by atoms with van der Waals surface area (Å²) >= 11 is -0.213. The fourth-order valence-corrected chi connectivity index (χ4v) is 1.68. The van der Waals surface area contributed by atoms with Gasteiger partial charge in [0.15, 0.2) is 5.16 Å². The third-order valence-electron chi connectivity index (χ3n) is 1.72. The van der Waals surface area contributed by atoms with Crippen LogP contribution < -0.4 is 11.1 Å². The zero-order valence-corrected chi connectivity index (χ0v) is 9.53. The van der Waals surface area contributed by atoms with Crippen molar-refractivity contribution >= 4 is 11.8 Å². The fourth-order valence-electron chi connectivity index (χ4n) is 1.11. The van der Waals surface area contributed by atoms with E-state index >= 15 is 0 Å². The molecule has 1 aromatic heterocycles. The third kappa shape index (κ3) is 4.42. The number of alkyl halides is 3. The van der Waals surface area contributed by atoms with E-state index in [9.17, 15) is 13.2 Å². The quantitative estimate of drug-likeness (QED) is 0.610. The molecule has 0 atom stereocenters. The molecule has 16 heavy (non-hydrogen) atoms. The molecule has 0 spiro atoms. The maximum atomic E-state index is 12.1. The molecule has 3 N–H and O–H groups in total. The van der Waals surface area contributed by atoms with Gasteiger partial charge in [0.1, 0.15) is 0 Å². The van der Waals surface area contributed by atoms with Gasteiger partial charge in [0.25, 0.3) is 0 Å². The summed E-state index contributed by atoms with van der Waals surface area (Å²) in [5.74, 6) is 0. The fraction of sp³-hybridized carbons (Fsp3) is 0.625. The molecular weight excluding hydrogens is 241 g/mol. The normalized spacial score (nSPS) is 12.1. The average Bonchev–Trinajstić information content (AvgIpc) is 2.45. The lowest BCUT2D eigenvalue weighted by Gasteiger charge is -2.03. The molecule has 0 aliphatic carbocycles. The van der Waals surface area contributed by atoms with E-state index in [-0.39, 0.29) is 16.9 Å². The number of nitrogens with zero attached hydrogens (tertiary/aromatic N) is 2. The highest BCUT2D eigenvalue weighted by Crippen LogP contribution is 2.35. The van der Waals surface area contributed by atoms with Gasteiger partial charge in [-0.25, -0.2) is 4.98 Å². The zero-order valence-electron chi connectivity index (χ0n) is 8.71. The predicted molar refractivity (Wildman–Crippen MR) is 55.9 cm³/mol. The van der Waals surface area contributed by atoms with Crippen LogP contribution in [0.2, 0.25) is 0 Å². The molecule has 1 heterocycles. The minimum atomic E-state index is -4.30. The highest BCUT2D eigenvalue weighted by atomic mass is 32.2. The van der Waals surface area contributed by atoms with Crippen molar-refractivity contribution in [3.05, 3.63) is 11.9 Å². The number of hydrogen-bond donors (Lipinski definition) is 2. The van der Waals surface area contributed by atoms with Crippen LogP contribution in [0.4, 0.5) is 13.2 Å². The summed E-state index contributed by atoms with van der Waals surface area (Å²) < 4.78 is 37.7. The van der Waals surface area contributed by atoms with E-state index in [0.717, 1.165) is 0 Å². The molecule has 0 fully saturated rings. The van der Waals surface area contributed by atoms with Crippen LogP contribution in [-0.2, 0) is 13.6 Å². The first-order chi connectivity index (χ1) is 7.42. The number of aryl methyl sites for hydroxylation is 1. The molecule has 0 aliphatic rings. The first kappa shape index (κ1) is 13.3. The average molecular weight is 254 g/mol. The smallest absolute Gasteiger partial charge is 0.329 e. The molecule has 1 aromatic rings. The Bertz CT molecular complexity index is 337. The molecule has 92 valence electrons. The van der Waals surface area contributed by atoms with E-state index in [4.69, 9.17) is 5.73 Å². The lowest BCUT2D eigenvalue weighted by atomic mass is 10.4. The van der Waals surface area contributed by atoms with Crippen LogP contribution in [0.25, 0.3) is 0 Å². The van der Waals surface area contributed by atoms with Gasteiger partial charge in [-0.1, -0.05) is 0 Å². The molecule has 0 aliphatic heterocycles. The summed E-state index contributed by atoms with van der Waals surface area (Å²) in [6, 6.07) is 0. The Hall–Kier alpha value is -0.730. The molecular formula is C8H13F3N4S. The van der Waals surface area contributed by atoms with Crippen molar-refractivity contribution < 1.29 is 13.2 Å². The van der Waals surface area contributed by atoms with Crippen LogP contribution in [0.1, 0.15) is 5.69 Å². The summed E-state index contributed by atoms with van der Waals surface area (Å²) in [5.41, 5.74) is 1.54. The number of hydrogen-bond acceptors (Lipinski definition) is 4. The van der Waals surface area contributed by atoms with Gasteiger partial charge in [0, 0.05) is 44.6 Å². The zero-order chi connectivity index (χ0) is 12.2. The van der Waals surface area contributed by atoms with Gasteiger partial charge in [-0.15, -0.1) is 0 Å². The van der Waals surface area contributed by atoms with Gasteiger partial charge in [0.05, 0.1) is 5.69 Å². The molecule has 0 aromatic carbocycles. The SMILES string of the molecule is Cn1cc(CNCCN)nc1SC(F)(F)F. The first-order valence-corrected chi connectivity index (χ1v) is 5.43. The Morgan fingerprint density at radius 2 is 2.25 bits per heavy atom. The predicted octanol–water partition coefficient (Wildman–Crippen LogP) is 1.08. The van der Waals surface area contributed by atoms with E-state index in [1.165, 1.54) is 11.6 Å². The van der Waals surface area contributed by atoms with Gasteiger partial charge in [0.2, 0.25) is 0 Å². The van der Waals surface area contributed by atoms with Crippen molar-refractivity contribution in [1.82, 2.24) is 14.9 Å². The first-order valence-electron chi connectivity index (χ1n) is 4.61. The summed E-state index contributed by atoms with van der Waals surface area (Å²) in [7, 11) is 1.54. The number of halogens is 3. The van der Waals surface area contributed by atoms with Gasteiger partial charge in [-0.05, 0) is 0 Å². The second-order valence-electron chi connectivity index (χ2n) is 3.14. The topological polar surface area (TPSA) is 55.9 Å². The van der Waals surface area contributed by atoms with Crippen LogP contribution in [-0.4, -0.2) is 28.1 Å². The van der Waals surface area contributed by atoms with E-state index in [1.807, 2.05) is 0 Å². The van der Waals surface area contributed by atoms with Crippen molar-refractivity contribution in [2.75, 3.05) is 13.1 Å². The number of nitrogens with one attached hydrogen (secondary N) is 1. The second-order valence-corrected chi connectivity index (χ2v) is 4.17.